The van der Waals surface area contributed by atoms with Gasteiger partial charge in [0.1, 0.15) is 0 Å². The molecule has 0 aliphatic heterocycles. The molecule has 0 spiro atoms. The standard InChI is InChI=1S/C12H17Br2NOS/c1-5-15(6-2)12(16)17-11(7-9(3)13)8-10(4)14/h7-8H,3,5-6H2,1-2,4H3/b10-8+,11-7+. The van der Waals surface area contributed by atoms with Crippen LogP contribution < -0.4 is 0 Å². The molecule has 0 fully saturated rings. The number of nitrogens with zero attached hydrogens (tertiary/aromatic N) is 1. The molecule has 0 aliphatic rings. The van der Waals surface area contributed by atoms with Gasteiger partial charge in [-0.2, -0.15) is 0 Å². The number of carbonyl (C=O) groups excluding carboxylic acids is 1. The zero-order valence-corrected chi connectivity index (χ0v) is 14.3. The average Bonchev–Trinajstić information content (AvgIpc) is 2.16. The average molecular weight is 383 g/mol. The molecule has 0 atom stereocenters. The number of amides is 1. The van der Waals surface area contributed by atoms with Gasteiger partial charge in [0, 0.05) is 22.5 Å². The highest BCUT2D eigenvalue weighted by Crippen LogP contribution is 2.26. The van der Waals surface area contributed by atoms with Crippen LogP contribution in [0, 0.1) is 0 Å². The summed E-state index contributed by atoms with van der Waals surface area (Å²) in [4.78, 5) is 14.6. The van der Waals surface area contributed by atoms with Gasteiger partial charge in [0.05, 0.1) is 0 Å². The van der Waals surface area contributed by atoms with Gasteiger partial charge in [-0.3, -0.25) is 4.79 Å². The van der Waals surface area contributed by atoms with E-state index in [-0.39, 0.29) is 5.24 Å². The Morgan fingerprint density at radius 2 is 1.82 bits per heavy atom. The third-order valence-electron chi connectivity index (χ3n) is 1.87. The molecule has 5 heteroatoms. The summed E-state index contributed by atoms with van der Waals surface area (Å²) in [5.41, 5.74) is 0. The van der Waals surface area contributed by atoms with Gasteiger partial charge in [-0.15, -0.1) is 0 Å². The molecule has 0 aromatic rings. The van der Waals surface area contributed by atoms with Crippen LogP contribution in [0.15, 0.2) is 32.6 Å². The molecule has 0 radical (unpaired) electrons. The molecule has 1 amide bonds. The van der Waals surface area contributed by atoms with E-state index in [1.807, 2.05) is 32.9 Å². The molecular formula is C12H17Br2NOS. The smallest absolute Gasteiger partial charge is 0.286 e. The number of thioether (sulfide) groups is 1. The lowest BCUT2D eigenvalue weighted by Crippen LogP contribution is -2.26. The molecule has 0 heterocycles. The first-order valence-electron chi connectivity index (χ1n) is 5.27. The van der Waals surface area contributed by atoms with Crippen molar-refractivity contribution in [2.24, 2.45) is 0 Å². The van der Waals surface area contributed by atoms with Crippen molar-refractivity contribution >= 4 is 48.9 Å². The summed E-state index contributed by atoms with van der Waals surface area (Å²) in [6.07, 6.45) is 3.73. The van der Waals surface area contributed by atoms with E-state index in [0.717, 1.165) is 27.0 Å². The molecule has 0 N–H and O–H groups in total. The first-order chi connectivity index (χ1) is 7.90. The van der Waals surface area contributed by atoms with Gasteiger partial charge < -0.3 is 4.90 Å². The minimum Gasteiger partial charge on any atom is -0.334 e. The number of hydrogen-bond donors (Lipinski definition) is 0. The van der Waals surface area contributed by atoms with Gasteiger partial charge in [-0.1, -0.05) is 38.4 Å². The third kappa shape index (κ3) is 7.84. The summed E-state index contributed by atoms with van der Waals surface area (Å²) >= 11 is 7.85. The van der Waals surface area contributed by atoms with Crippen LogP contribution >= 0.6 is 43.6 Å². The lowest BCUT2D eigenvalue weighted by molar-refractivity contribution is 0.228. The number of hydrogen-bond acceptors (Lipinski definition) is 2. The summed E-state index contributed by atoms with van der Waals surface area (Å²) in [7, 11) is 0. The normalized spacial score (nSPS) is 12.5. The lowest BCUT2D eigenvalue weighted by atomic mass is 10.4. The second-order valence-corrected chi connectivity index (χ2v) is 6.56. The fourth-order valence-electron chi connectivity index (χ4n) is 1.10. The summed E-state index contributed by atoms with van der Waals surface area (Å²) < 4.78 is 1.72. The Kier molecular flexibility index (Phi) is 9.00. The summed E-state index contributed by atoms with van der Waals surface area (Å²) in [6, 6.07) is 0. The molecule has 2 nitrogen and oxygen atoms in total. The zero-order chi connectivity index (χ0) is 13.4. The lowest BCUT2D eigenvalue weighted by Gasteiger charge is -2.17. The Morgan fingerprint density at radius 1 is 1.29 bits per heavy atom. The molecule has 0 saturated carbocycles. The van der Waals surface area contributed by atoms with Crippen LogP contribution in [0.5, 0.6) is 0 Å². The Hall–Kier alpha value is -0.000000000000000111. The van der Waals surface area contributed by atoms with E-state index >= 15 is 0 Å². The minimum absolute atomic E-state index is 0.0556. The first kappa shape index (κ1) is 17.0. The minimum atomic E-state index is 0.0556. The number of carbonyl (C=O) groups is 1. The monoisotopic (exact) mass is 381 g/mol. The Labute approximate surface area is 124 Å². The SMILES string of the molecule is C=C(Br)/C=C(\C=C(/C)Br)SC(=O)N(CC)CC. The summed E-state index contributed by atoms with van der Waals surface area (Å²) in [5.74, 6) is 0. The van der Waals surface area contributed by atoms with Crippen LogP contribution in [0.2, 0.25) is 0 Å². The third-order valence-corrected chi connectivity index (χ3v) is 3.23. The Morgan fingerprint density at radius 3 is 2.18 bits per heavy atom. The second-order valence-electron chi connectivity index (χ2n) is 3.26. The van der Waals surface area contributed by atoms with E-state index in [2.05, 4.69) is 38.4 Å². The van der Waals surface area contributed by atoms with E-state index in [0.29, 0.717) is 0 Å². The van der Waals surface area contributed by atoms with E-state index in [4.69, 9.17) is 0 Å². The number of allylic oxidation sites excluding steroid dienone is 4. The van der Waals surface area contributed by atoms with Crippen molar-refractivity contribution in [3.8, 4) is 0 Å². The van der Waals surface area contributed by atoms with Crippen molar-refractivity contribution in [1.82, 2.24) is 4.90 Å². The van der Waals surface area contributed by atoms with Crippen LogP contribution in [0.4, 0.5) is 4.79 Å². The van der Waals surface area contributed by atoms with Crippen molar-refractivity contribution in [3.63, 3.8) is 0 Å². The molecule has 0 saturated heterocycles. The van der Waals surface area contributed by atoms with Gasteiger partial charge in [0.25, 0.3) is 5.24 Å². The molecule has 0 rings (SSSR count). The van der Waals surface area contributed by atoms with Crippen LogP contribution in [-0.2, 0) is 0 Å². The molecule has 0 aliphatic carbocycles. The molecule has 0 bridgehead atoms. The maximum atomic E-state index is 11.9. The van der Waals surface area contributed by atoms with Crippen LogP contribution in [0.1, 0.15) is 20.8 Å². The van der Waals surface area contributed by atoms with Gasteiger partial charge in [-0.05, 0) is 49.2 Å². The van der Waals surface area contributed by atoms with Gasteiger partial charge in [0.15, 0.2) is 0 Å². The Balaban J connectivity index is 4.83. The molecular weight excluding hydrogens is 366 g/mol. The van der Waals surface area contributed by atoms with Crippen molar-refractivity contribution < 1.29 is 4.79 Å². The summed E-state index contributed by atoms with van der Waals surface area (Å²) in [5, 5.41) is 0.0556. The second kappa shape index (κ2) is 9.00. The summed E-state index contributed by atoms with van der Waals surface area (Å²) in [6.45, 7) is 11.1. The predicted molar refractivity (Wildman–Crippen MR) is 84.7 cm³/mol. The zero-order valence-electron chi connectivity index (χ0n) is 10.3. The Bertz CT molecular complexity index is 342. The fourth-order valence-corrected chi connectivity index (χ4v) is 2.92. The topological polar surface area (TPSA) is 20.3 Å². The highest BCUT2D eigenvalue weighted by atomic mass is 79.9. The quantitative estimate of drug-likeness (QED) is 0.603. The first-order valence-corrected chi connectivity index (χ1v) is 7.67. The maximum Gasteiger partial charge on any atom is 0.286 e. The maximum absolute atomic E-state index is 11.9. The van der Waals surface area contributed by atoms with Crippen molar-refractivity contribution in [2.45, 2.75) is 20.8 Å². The number of rotatable bonds is 5. The predicted octanol–water partition coefficient (Wildman–Crippen LogP) is 5.27. The molecule has 0 aromatic carbocycles. The van der Waals surface area contributed by atoms with Crippen LogP contribution in [-0.4, -0.2) is 23.2 Å². The van der Waals surface area contributed by atoms with Gasteiger partial charge in [0.2, 0.25) is 0 Å². The van der Waals surface area contributed by atoms with Crippen molar-refractivity contribution in [2.75, 3.05) is 13.1 Å². The fraction of sp³-hybridized carbons (Fsp3) is 0.417. The molecule has 96 valence electrons. The van der Waals surface area contributed by atoms with Crippen LogP contribution in [0.3, 0.4) is 0 Å². The van der Waals surface area contributed by atoms with E-state index in [9.17, 15) is 4.79 Å². The number of halogens is 2. The van der Waals surface area contributed by atoms with Gasteiger partial charge >= 0.3 is 0 Å². The molecule has 0 unspecified atom stereocenters. The van der Waals surface area contributed by atoms with E-state index < -0.39 is 0 Å². The van der Waals surface area contributed by atoms with Crippen molar-refractivity contribution in [1.29, 1.82) is 0 Å². The van der Waals surface area contributed by atoms with E-state index in [1.165, 1.54) is 11.8 Å². The largest absolute Gasteiger partial charge is 0.334 e. The van der Waals surface area contributed by atoms with Crippen LogP contribution in [0.25, 0.3) is 0 Å². The highest BCUT2D eigenvalue weighted by molar-refractivity contribution is 9.12. The molecule has 17 heavy (non-hydrogen) atoms. The molecule has 0 aromatic heterocycles. The van der Waals surface area contributed by atoms with Gasteiger partial charge in [-0.25, -0.2) is 0 Å². The van der Waals surface area contributed by atoms with Crippen molar-refractivity contribution in [3.05, 3.63) is 32.6 Å². The highest BCUT2D eigenvalue weighted by Gasteiger charge is 2.12. The van der Waals surface area contributed by atoms with E-state index in [1.54, 1.807) is 4.90 Å².